The maximum Gasteiger partial charge on any atom is 0.0403 e. The smallest absolute Gasteiger partial charge is 0.0403 e. The van der Waals surface area contributed by atoms with E-state index >= 15 is 0 Å². The third-order valence-electron chi connectivity index (χ3n) is 3.13. The molecule has 1 aliphatic heterocycles. The molecule has 0 amide bonds. The summed E-state index contributed by atoms with van der Waals surface area (Å²) in [7, 11) is 0. The minimum Gasteiger partial charge on any atom is -0.399 e. The van der Waals surface area contributed by atoms with Crippen molar-refractivity contribution in [2.24, 2.45) is 0 Å². The summed E-state index contributed by atoms with van der Waals surface area (Å²) >= 11 is 0. The minimum absolute atomic E-state index is 0.522. The van der Waals surface area contributed by atoms with Gasteiger partial charge in [0.2, 0.25) is 0 Å². The highest BCUT2D eigenvalue weighted by Gasteiger charge is 2.15. The molecule has 2 rings (SSSR count). The third-order valence-corrected chi connectivity index (χ3v) is 3.13. The molecule has 0 spiro atoms. The van der Waals surface area contributed by atoms with Crippen LogP contribution < -0.4 is 16.0 Å². The third kappa shape index (κ3) is 3.64. The van der Waals surface area contributed by atoms with E-state index in [4.69, 9.17) is 5.73 Å². The molecular formula is C15H27N3. The van der Waals surface area contributed by atoms with Gasteiger partial charge in [0.1, 0.15) is 0 Å². The molecule has 1 aromatic carbocycles. The van der Waals surface area contributed by atoms with Crippen molar-refractivity contribution >= 4 is 11.4 Å². The van der Waals surface area contributed by atoms with Gasteiger partial charge in [0.15, 0.2) is 0 Å². The molecule has 1 saturated heterocycles. The lowest BCUT2D eigenvalue weighted by molar-refractivity contribution is 0.586. The lowest BCUT2D eigenvalue weighted by Crippen LogP contribution is -2.43. The quantitative estimate of drug-likeness (QED) is 0.792. The van der Waals surface area contributed by atoms with Crippen molar-refractivity contribution in [2.75, 3.05) is 36.8 Å². The highest BCUT2D eigenvalue weighted by atomic mass is 15.2. The monoisotopic (exact) mass is 249 g/mol. The van der Waals surface area contributed by atoms with E-state index in [1.165, 1.54) is 11.3 Å². The van der Waals surface area contributed by atoms with Gasteiger partial charge in [-0.2, -0.15) is 0 Å². The minimum atomic E-state index is 0.522. The summed E-state index contributed by atoms with van der Waals surface area (Å²) in [5.74, 6) is 0.522. The highest BCUT2D eigenvalue weighted by Crippen LogP contribution is 2.29. The zero-order valence-corrected chi connectivity index (χ0v) is 12.2. The molecule has 18 heavy (non-hydrogen) atoms. The van der Waals surface area contributed by atoms with E-state index in [-0.39, 0.29) is 0 Å². The Morgan fingerprint density at radius 2 is 1.78 bits per heavy atom. The predicted molar refractivity (Wildman–Crippen MR) is 81.4 cm³/mol. The van der Waals surface area contributed by atoms with Crippen LogP contribution in [0.15, 0.2) is 18.2 Å². The molecule has 102 valence electrons. The predicted octanol–water partition coefficient (Wildman–Crippen LogP) is 2.83. The van der Waals surface area contributed by atoms with Gasteiger partial charge in [0, 0.05) is 37.6 Å². The van der Waals surface area contributed by atoms with Crippen molar-refractivity contribution < 1.29 is 0 Å². The molecule has 0 aromatic heterocycles. The van der Waals surface area contributed by atoms with E-state index in [1.807, 2.05) is 19.9 Å². The topological polar surface area (TPSA) is 41.3 Å². The van der Waals surface area contributed by atoms with Gasteiger partial charge >= 0.3 is 0 Å². The Hall–Kier alpha value is -1.22. The van der Waals surface area contributed by atoms with Gasteiger partial charge in [0.25, 0.3) is 0 Å². The Labute approximate surface area is 111 Å². The highest BCUT2D eigenvalue weighted by molar-refractivity contribution is 5.61. The molecule has 0 unspecified atom stereocenters. The number of nitrogens with two attached hydrogens (primary N) is 1. The fourth-order valence-electron chi connectivity index (χ4n) is 2.23. The van der Waals surface area contributed by atoms with E-state index in [1.54, 1.807) is 0 Å². The van der Waals surface area contributed by atoms with Crippen molar-refractivity contribution in [3.63, 3.8) is 0 Å². The Bertz CT molecular complexity index is 355. The van der Waals surface area contributed by atoms with Gasteiger partial charge in [-0.25, -0.2) is 0 Å². The van der Waals surface area contributed by atoms with Crippen molar-refractivity contribution in [2.45, 2.75) is 33.6 Å². The maximum atomic E-state index is 5.86. The molecule has 1 aromatic rings. The van der Waals surface area contributed by atoms with Crippen LogP contribution in [-0.2, 0) is 0 Å². The summed E-state index contributed by atoms with van der Waals surface area (Å²) in [6.45, 7) is 12.8. The van der Waals surface area contributed by atoms with Crippen molar-refractivity contribution in [3.8, 4) is 0 Å². The second kappa shape index (κ2) is 7.27. The van der Waals surface area contributed by atoms with Gasteiger partial charge < -0.3 is 16.0 Å². The van der Waals surface area contributed by atoms with Crippen LogP contribution in [0.1, 0.15) is 39.2 Å². The molecule has 0 bridgehead atoms. The molecule has 1 aliphatic rings. The summed E-state index contributed by atoms with van der Waals surface area (Å²) in [5.41, 5.74) is 9.44. The van der Waals surface area contributed by atoms with Crippen molar-refractivity contribution in [1.82, 2.24) is 5.32 Å². The number of nitrogen functional groups attached to an aromatic ring is 1. The van der Waals surface area contributed by atoms with E-state index in [9.17, 15) is 0 Å². The van der Waals surface area contributed by atoms with Gasteiger partial charge in [-0.1, -0.05) is 27.7 Å². The molecule has 0 saturated carbocycles. The number of hydrogen-bond acceptors (Lipinski definition) is 3. The molecule has 1 heterocycles. The van der Waals surface area contributed by atoms with E-state index in [0.29, 0.717) is 5.92 Å². The summed E-state index contributed by atoms with van der Waals surface area (Å²) in [4.78, 5) is 2.45. The Balaban J connectivity index is 0.000000771. The van der Waals surface area contributed by atoms with Gasteiger partial charge in [-0.15, -0.1) is 0 Å². The van der Waals surface area contributed by atoms with Crippen LogP contribution >= 0.6 is 0 Å². The number of nitrogens with zero attached hydrogens (tertiary/aromatic N) is 1. The number of nitrogens with one attached hydrogen (secondary N) is 1. The molecule has 0 aliphatic carbocycles. The van der Waals surface area contributed by atoms with Gasteiger partial charge in [-0.05, 0) is 29.7 Å². The largest absolute Gasteiger partial charge is 0.399 e. The normalized spacial score (nSPS) is 15.3. The number of rotatable bonds is 2. The molecule has 3 nitrogen and oxygen atoms in total. The van der Waals surface area contributed by atoms with Gasteiger partial charge in [-0.3, -0.25) is 0 Å². The van der Waals surface area contributed by atoms with Crippen LogP contribution in [0.25, 0.3) is 0 Å². The van der Waals surface area contributed by atoms with Crippen LogP contribution in [0.4, 0.5) is 11.4 Å². The van der Waals surface area contributed by atoms with Crippen LogP contribution in [0.3, 0.4) is 0 Å². The lowest BCUT2D eigenvalue weighted by Gasteiger charge is -2.32. The second-order valence-corrected chi connectivity index (χ2v) is 4.71. The van der Waals surface area contributed by atoms with E-state index < -0.39 is 0 Å². The molecule has 0 atom stereocenters. The van der Waals surface area contributed by atoms with Crippen LogP contribution in [0, 0.1) is 0 Å². The molecule has 1 fully saturated rings. The van der Waals surface area contributed by atoms with Crippen LogP contribution in [0.5, 0.6) is 0 Å². The first kappa shape index (κ1) is 14.8. The van der Waals surface area contributed by atoms with Crippen molar-refractivity contribution in [3.05, 3.63) is 23.8 Å². The Morgan fingerprint density at radius 1 is 1.17 bits per heavy atom. The fraction of sp³-hybridized carbons (Fsp3) is 0.600. The SMILES string of the molecule is CC.CC(C)c1cc(N)ccc1N1CCNCC1. The number of benzene rings is 1. The van der Waals surface area contributed by atoms with E-state index in [0.717, 1.165) is 31.9 Å². The standard InChI is InChI=1S/C13H21N3.C2H6/c1-10(2)12-9-11(14)3-4-13(12)16-7-5-15-6-8-16;1-2/h3-4,9-10,15H,5-8,14H2,1-2H3;1-2H3. The number of hydrogen-bond donors (Lipinski definition) is 2. The molecule has 0 radical (unpaired) electrons. The average molecular weight is 249 g/mol. The Kier molecular flexibility index (Phi) is 5.99. The van der Waals surface area contributed by atoms with Crippen molar-refractivity contribution in [1.29, 1.82) is 0 Å². The molecule has 3 N–H and O–H groups in total. The maximum absolute atomic E-state index is 5.86. The second-order valence-electron chi connectivity index (χ2n) is 4.71. The number of anilines is 2. The zero-order valence-electron chi connectivity index (χ0n) is 12.2. The first-order chi connectivity index (χ1) is 8.68. The van der Waals surface area contributed by atoms with Crippen LogP contribution in [0.2, 0.25) is 0 Å². The molecular weight excluding hydrogens is 222 g/mol. The van der Waals surface area contributed by atoms with Crippen LogP contribution in [-0.4, -0.2) is 26.2 Å². The Morgan fingerprint density at radius 3 is 2.33 bits per heavy atom. The summed E-state index contributed by atoms with van der Waals surface area (Å²) in [5, 5.41) is 3.38. The van der Waals surface area contributed by atoms with E-state index in [2.05, 4.69) is 36.2 Å². The average Bonchev–Trinajstić information content (AvgIpc) is 2.42. The first-order valence-electron chi connectivity index (χ1n) is 7.03. The summed E-state index contributed by atoms with van der Waals surface area (Å²) in [6.07, 6.45) is 0. The number of piperazine rings is 1. The summed E-state index contributed by atoms with van der Waals surface area (Å²) < 4.78 is 0. The lowest BCUT2D eigenvalue weighted by atomic mass is 9.99. The molecule has 3 heteroatoms. The van der Waals surface area contributed by atoms with Gasteiger partial charge in [0.05, 0.1) is 0 Å². The summed E-state index contributed by atoms with van der Waals surface area (Å²) in [6, 6.07) is 6.28. The fourth-order valence-corrected chi connectivity index (χ4v) is 2.23. The first-order valence-corrected chi connectivity index (χ1v) is 7.03. The zero-order chi connectivity index (χ0) is 13.5.